The van der Waals surface area contributed by atoms with Crippen LogP contribution in [0.15, 0.2) is 29.3 Å². The first-order valence-electron chi connectivity index (χ1n) is 5.18. The Balaban J connectivity index is 2.82. The molecule has 0 atom stereocenters. The molecule has 0 unspecified atom stereocenters. The minimum absolute atomic E-state index is 0.105. The minimum atomic E-state index is -2.82. The molecule has 94 valence electrons. The highest BCUT2D eigenvalue weighted by Crippen LogP contribution is 2.22. The monoisotopic (exact) mass is 242 g/mol. The van der Waals surface area contributed by atoms with Gasteiger partial charge in [-0.25, -0.2) is 4.99 Å². The van der Waals surface area contributed by atoms with Gasteiger partial charge < -0.3 is 10.5 Å². The van der Waals surface area contributed by atoms with E-state index in [0.717, 1.165) is 0 Å². The first-order valence-corrected chi connectivity index (χ1v) is 5.18. The molecule has 0 saturated heterocycles. The zero-order valence-electron chi connectivity index (χ0n) is 10.1. The fourth-order valence-electron chi connectivity index (χ4n) is 1.01. The molecule has 0 radical (unpaired) electrons. The zero-order valence-corrected chi connectivity index (χ0v) is 10.1. The average Bonchev–Trinajstić information content (AvgIpc) is 2.18. The van der Waals surface area contributed by atoms with Crippen LogP contribution in [-0.2, 0) is 0 Å². The van der Waals surface area contributed by atoms with Crippen molar-refractivity contribution in [3.63, 3.8) is 0 Å². The Morgan fingerprint density at radius 1 is 1.24 bits per heavy atom. The molecule has 1 aromatic rings. The summed E-state index contributed by atoms with van der Waals surface area (Å²) in [5.74, 6) is 0.591. The zero-order chi connectivity index (χ0) is 13.1. The molecule has 0 heterocycles. The number of alkyl halides is 2. The molecule has 5 heteroatoms. The van der Waals surface area contributed by atoms with Crippen LogP contribution in [0.1, 0.15) is 20.8 Å². The van der Waals surface area contributed by atoms with Gasteiger partial charge in [0.1, 0.15) is 11.6 Å². The van der Waals surface area contributed by atoms with Crippen LogP contribution in [0.25, 0.3) is 0 Å². The number of ether oxygens (including phenoxy) is 1. The van der Waals surface area contributed by atoms with Crippen molar-refractivity contribution in [2.24, 2.45) is 16.1 Å². The second-order valence-corrected chi connectivity index (χ2v) is 4.62. The van der Waals surface area contributed by atoms with Crippen molar-refractivity contribution >= 4 is 11.5 Å². The lowest BCUT2D eigenvalue weighted by Crippen LogP contribution is -2.28. The summed E-state index contributed by atoms with van der Waals surface area (Å²) in [6.45, 7) is 3.02. The van der Waals surface area contributed by atoms with Crippen molar-refractivity contribution in [2.75, 3.05) is 0 Å². The summed E-state index contributed by atoms with van der Waals surface area (Å²) in [7, 11) is 0. The van der Waals surface area contributed by atoms with Crippen molar-refractivity contribution in [1.82, 2.24) is 0 Å². The SMILES string of the molecule is CC(C)(C)C(N)=Nc1ccc(OC(F)F)cc1. The smallest absolute Gasteiger partial charge is 0.387 e. The Labute approximate surface area is 99.3 Å². The Bertz CT molecular complexity index is 394. The van der Waals surface area contributed by atoms with E-state index in [4.69, 9.17) is 5.73 Å². The Hall–Kier alpha value is -1.65. The highest BCUT2D eigenvalue weighted by atomic mass is 19.3. The van der Waals surface area contributed by atoms with Crippen molar-refractivity contribution in [2.45, 2.75) is 27.4 Å². The highest BCUT2D eigenvalue weighted by Gasteiger charge is 2.15. The fourth-order valence-corrected chi connectivity index (χ4v) is 1.01. The molecule has 3 nitrogen and oxygen atoms in total. The lowest BCUT2D eigenvalue weighted by molar-refractivity contribution is -0.0498. The third kappa shape index (κ3) is 4.38. The van der Waals surface area contributed by atoms with Gasteiger partial charge in [0.15, 0.2) is 0 Å². The van der Waals surface area contributed by atoms with E-state index in [1.807, 2.05) is 20.8 Å². The Kier molecular flexibility index (Phi) is 4.04. The molecule has 17 heavy (non-hydrogen) atoms. The van der Waals surface area contributed by atoms with Gasteiger partial charge in [-0.2, -0.15) is 8.78 Å². The molecule has 2 N–H and O–H groups in total. The number of benzene rings is 1. The molecular weight excluding hydrogens is 226 g/mol. The lowest BCUT2D eigenvalue weighted by Gasteiger charge is -2.17. The molecule has 0 aliphatic rings. The van der Waals surface area contributed by atoms with Gasteiger partial charge in [-0.05, 0) is 24.3 Å². The van der Waals surface area contributed by atoms with Gasteiger partial charge in [-0.3, -0.25) is 0 Å². The first-order chi connectivity index (χ1) is 7.79. The fraction of sp³-hybridized carbons (Fsp3) is 0.417. The van der Waals surface area contributed by atoms with Crippen molar-refractivity contribution in [3.8, 4) is 5.75 Å². The summed E-state index contributed by atoms with van der Waals surface area (Å²) in [5.41, 5.74) is 6.19. The van der Waals surface area contributed by atoms with Crippen LogP contribution in [0, 0.1) is 5.41 Å². The van der Waals surface area contributed by atoms with Crippen LogP contribution in [0.2, 0.25) is 0 Å². The van der Waals surface area contributed by atoms with Crippen molar-refractivity contribution in [3.05, 3.63) is 24.3 Å². The number of hydrogen-bond donors (Lipinski definition) is 1. The van der Waals surface area contributed by atoms with Crippen molar-refractivity contribution < 1.29 is 13.5 Å². The van der Waals surface area contributed by atoms with Crippen molar-refractivity contribution in [1.29, 1.82) is 0 Å². The number of rotatable bonds is 3. The second-order valence-electron chi connectivity index (χ2n) is 4.62. The van der Waals surface area contributed by atoms with Crippen LogP contribution in [-0.4, -0.2) is 12.4 Å². The number of nitrogens with zero attached hydrogens (tertiary/aromatic N) is 1. The average molecular weight is 242 g/mol. The van der Waals surface area contributed by atoms with Crippen LogP contribution in [0.5, 0.6) is 5.75 Å². The van der Waals surface area contributed by atoms with E-state index in [1.165, 1.54) is 12.1 Å². The Morgan fingerprint density at radius 3 is 2.18 bits per heavy atom. The van der Waals surface area contributed by atoms with Gasteiger partial charge >= 0.3 is 6.61 Å². The van der Waals surface area contributed by atoms with Gasteiger partial charge in [-0.15, -0.1) is 0 Å². The molecule has 0 bridgehead atoms. The largest absolute Gasteiger partial charge is 0.435 e. The molecule has 0 aliphatic carbocycles. The quantitative estimate of drug-likeness (QED) is 0.652. The number of hydrogen-bond acceptors (Lipinski definition) is 2. The van der Waals surface area contributed by atoms with Crippen LogP contribution in [0.4, 0.5) is 14.5 Å². The molecule has 1 aromatic carbocycles. The van der Waals surface area contributed by atoms with Crippen LogP contribution in [0.3, 0.4) is 0 Å². The van der Waals surface area contributed by atoms with E-state index in [-0.39, 0.29) is 11.2 Å². The van der Waals surface area contributed by atoms with Gasteiger partial charge in [0.25, 0.3) is 0 Å². The molecule has 0 aromatic heterocycles. The normalized spacial score (nSPS) is 12.9. The molecular formula is C12H16F2N2O. The maximum atomic E-state index is 11.9. The maximum absolute atomic E-state index is 11.9. The van der Waals surface area contributed by atoms with E-state index >= 15 is 0 Å². The van der Waals surface area contributed by atoms with Gasteiger partial charge in [0, 0.05) is 5.41 Å². The summed E-state index contributed by atoms with van der Waals surface area (Å²) in [5, 5.41) is 0. The van der Waals surface area contributed by atoms with E-state index in [0.29, 0.717) is 11.5 Å². The summed E-state index contributed by atoms with van der Waals surface area (Å²) >= 11 is 0. The number of halogens is 2. The molecule has 0 saturated carbocycles. The third-order valence-corrected chi connectivity index (χ3v) is 2.08. The summed E-state index contributed by atoms with van der Waals surface area (Å²) in [4.78, 5) is 4.20. The van der Waals surface area contributed by atoms with E-state index < -0.39 is 6.61 Å². The number of nitrogens with two attached hydrogens (primary N) is 1. The predicted molar refractivity (Wildman–Crippen MR) is 63.8 cm³/mol. The van der Waals surface area contributed by atoms with E-state index in [9.17, 15) is 8.78 Å². The molecule has 1 rings (SSSR count). The Morgan fingerprint density at radius 2 is 1.76 bits per heavy atom. The summed E-state index contributed by atoms with van der Waals surface area (Å²) in [6, 6.07) is 6.02. The molecule has 0 amide bonds. The number of aliphatic imine (C=N–C) groups is 1. The van der Waals surface area contributed by atoms with Crippen LogP contribution < -0.4 is 10.5 Å². The summed E-state index contributed by atoms with van der Waals surface area (Å²) in [6.07, 6.45) is 0. The minimum Gasteiger partial charge on any atom is -0.435 e. The number of amidine groups is 1. The van der Waals surface area contributed by atoms with Gasteiger partial charge in [0.2, 0.25) is 0 Å². The molecule has 0 aliphatic heterocycles. The highest BCUT2D eigenvalue weighted by molar-refractivity contribution is 5.87. The van der Waals surface area contributed by atoms with Crippen LogP contribution >= 0.6 is 0 Å². The first kappa shape index (κ1) is 13.4. The standard InChI is InChI=1S/C12H16F2N2O/c1-12(2,3)10(15)16-8-4-6-9(7-5-8)17-11(13)14/h4-7,11H,1-3H3,(H2,15,16). The van der Waals surface area contributed by atoms with E-state index in [1.54, 1.807) is 12.1 Å². The van der Waals surface area contributed by atoms with E-state index in [2.05, 4.69) is 9.73 Å². The predicted octanol–water partition coefficient (Wildman–Crippen LogP) is 3.32. The molecule has 0 fully saturated rings. The maximum Gasteiger partial charge on any atom is 0.387 e. The van der Waals surface area contributed by atoms with Gasteiger partial charge in [-0.1, -0.05) is 20.8 Å². The summed E-state index contributed by atoms with van der Waals surface area (Å²) < 4.78 is 28.1. The third-order valence-electron chi connectivity index (χ3n) is 2.08. The molecule has 0 spiro atoms. The second kappa shape index (κ2) is 5.12. The van der Waals surface area contributed by atoms with Gasteiger partial charge in [0.05, 0.1) is 5.69 Å². The topological polar surface area (TPSA) is 47.6 Å². The lowest BCUT2D eigenvalue weighted by atomic mass is 9.95.